The molecule has 0 atom stereocenters. The molecule has 0 fully saturated rings. The van der Waals surface area contributed by atoms with E-state index in [-0.39, 0.29) is 5.78 Å². The third kappa shape index (κ3) is 5.02. The van der Waals surface area contributed by atoms with Crippen LogP contribution in [0.3, 0.4) is 0 Å². The standard InChI is InChI=1S/C14H19BrO2S/c1-3-4-5-8-18-10-13(16)11-6-7-14(17-2)12(15)9-11/h6-7,9H,3-5,8,10H2,1-2H3. The monoisotopic (exact) mass is 330 g/mol. The number of rotatable bonds is 8. The molecule has 0 aromatic heterocycles. The van der Waals surface area contributed by atoms with E-state index in [1.54, 1.807) is 18.9 Å². The van der Waals surface area contributed by atoms with Crippen LogP contribution in [0.4, 0.5) is 0 Å². The van der Waals surface area contributed by atoms with Crippen molar-refractivity contribution in [2.45, 2.75) is 26.2 Å². The number of hydrogen-bond donors (Lipinski definition) is 0. The van der Waals surface area contributed by atoms with Crippen LogP contribution in [0, 0.1) is 0 Å². The van der Waals surface area contributed by atoms with Gasteiger partial charge < -0.3 is 4.74 Å². The molecule has 1 aromatic rings. The molecule has 100 valence electrons. The average molecular weight is 331 g/mol. The van der Waals surface area contributed by atoms with E-state index in [2.05, 4.69) is 22.9 Å². The highest BCUT2D eigenvalue weighted by Gasteiger charge is 2.08. The molecular formula is C14H19BrO2S. The number of benzene rings is 1. The zero-order chi connectivity index (χ0) is 13.4. The molecule has 2 nitrogen and oxygen atoms in total. The van der Waals surface area contributed by atoms with E-state index in [9.17, 15) is 4.79 Å². The highest BCUT2D eigenvalue weighted by atomic mass is 79.9. The number of thioether (sulfide) groups is 1. The van der Waals surface area contributed by atoms with Gasteiger partial charge in [0.1, 0.15) is 5.75 Å². The Hall–Kier alpha value is -0.480. The first-order valence-corrected chi connectivity index (χ1v) is 8.08. The van der Waals surface area contributed by atoms with E-state index < -0.39 is 0 Å². The van der Waals surface area contributed by atoms with Gasteiger partial charge in [0, 0.05) is 5.56 Å². The van der Waals surface area contributed by atoms with E-state index in [1.165, 1.54) is 19.3 Å². The highest BCUT2D eigenvalue weighted by Crippen LogP contribution is 2.26. The van der Waals surface area contributed by atoms with Gasteiger partial charge in [0.15, 0.2) is 5.78 Å². The van der Waals surface area contributed by atoms with Gasteiger partial charge in [0.25, 0.3) is 0 Å². The molecule has 0 amide bonds. The van der Waals surface area contributed by atoms with Gasteiger partial charge in [-0.2, -0.15) is 11.8 Å². The lowest BCUT2D eigenvalue weighted by Crippen LogP contribution is -2.03. The zero-order valence-electron chi connectivity index (χ0n) is 10.9. The van der Waals surface area contributed by atoms with Crippen LogP contribution in [0.5, 0.6) is 5.75 Å². The number of ether oxygens (including phenoxy) is 1. The predicted molar refractivity (Wildman–Crippen MR) is 81.9 cm³/mol. The Morgan fingerprint density at radius 2 is 2.17 bits per heavy atom. The number of hydrogen-bond acceptors (Lipinski definition) is 3. The molecule has 0 aliphatic carbocycles. The van der Waals surface area contributed by atoms with Crippen molar-refractivity contribution in [3.05, 3.63) is 28.2 Å². The molecule has 0 unspecified atom stereocenters. The van der Waals surface area contributed by atoms with Gasteiger partial charge in [-0.1, -0.05) is 19.8 Å². The molecule has 0 bridgehead atoms. The van der Waals surface area contributed by atoms with Crippen LogP contribution in [-0.4, -0.2) is 24.4 Å². The molecule has 18 heavy (non-hydrogen) atoms. The van der Waals surface area contributed by atoms with Crippen LogP contribution in [-0.2, 0) is 0 Å². The Kier molecular flexibility index (Phi) is 7.44. The Morgan fingerprint density at radius 3 is 2.78 bits per heavy atom. The molecule has 1 aromatic carbocycles. The maximum Gasteiger partial charge on any atom is 0.172 e. The number of methoxy groups -OCH3 is 1. The number of ketones is 1. The van der Waals surface area contributed by atoms with E-state index in [0.717, 1.165) is 21.5 Å². The Morgan fingerprint density at radius 1 is 1.39 bits per heavy atom. The summed E-state index contributed by atoms with van der Waals surface area (Å²) in [6, 6.07) is 5.46. The van der Waals surface area contributed by atoms with Crippen molar-refractivity contribution in [3.8, 4) is 5.75 Å². The topological polar surface area (TPSA) is 26.3 Å². The van der Waals surface area contributed by atoms with Gasteiger partial charge >= 0.3 is 0 Å². The van der Waals surface area contributed by atoms with Crippen molar-refractivity contribution in [3.63, 3.8) is 0 Å². The second-order valence-electron chi connectivity index (χ2n) is 4.03. The molecule has 0 N–H and O–H groups in total. The van der Waals surface area contributed by atoms with Gasteiger partial charge in [-0.15, -0.1) is 0 Å². The smallest absolute Gasteiger partial charge is 0.172 e. The minimum Gasteiger partial charge on any atom is -0.496 e. The fraction of sp³-hybridized carbons (Fsp3) is 0.500. The molecule has 0 radical (unpaired) electrons. The first-order valence-electron chi connectivity index (χ1n) is 6.13. The predicted octanol–water partition coefficient (Wildman–Crippen LogP) is 4.56. The summed E-state index contributed by atoms with van der Waals surface area (Å²) in [6.45, 7) is 2.19. The highest BCUT2D eigenvalue weighted by molar-refractivity contribution is 9.10. The maximum absolute atomic E-state index is 11.9. The van der Waals surface area contributed by atoms with Crippen molar-refractivity contribution in [1.29, 1.82) is 0 Å². The van der Waals surface area contributed by atoms with Gasteiger partial charge in [0.05, 0.1) is 17.3 Å². The lowest BCUT2D eigenvalue weighted by Gasteiger charge is -2.05. The van der Waals surface area contributed by atoms with Crippen molar-refractivity contribution in [2.75, 3.05) is 18.6 Å². The van der Waals surface area contributed by atoms with Crippen LogP contribution in [0.2, 0.25) is 0 Å². The molecule has 0 heterocycles. The lowest BCUT2D eigenvalue weighted by molar-refractivity contribution is 0.102. The van der Waals surface area contributed by atoms with Gasteiger partial charge in [-0.3, -0.25) is 4.79 Å². The molecular weight excluding hydrogens is 312 g/mol. The Bertz CT molecular complexity index is 393. The van der Waals surface area contributed by atoms with Crippen LogP contribution in [0.25, 0.3) is 0 Å². The van der Waals surface area contributed by atoms with E-state index in [0.29, 0.717) is 5.75 Å². The average Bonchev–Trinajstić information content (AvgIpc) is 2.38. The second kappa shape index (κ2) is 8.59. The molecule has 0 saturated heterocycles. The van der Waals surface area contributed by atoms with Gasteiger partial charge in [-0.25, -0.2) is 0 Å². The number of Topliss-reactive ketones (excluding diaryl/α,β-unsaturated/α-hetero) is 1. The summed E-state index contributed by atoms with van der Waals surface area (Å²) in [5.41, 5.74) is 0.741. The summed E-state index contributed by atoms with van der Waals surface area (Å²) in [5, 5.41) is 0. The minimum atomic E-state index is 0.180. The van der Waals surface area contributed by atoms with Crippen LogP contribution < -0.4 is 4.74 Å². The summed E-state index contributed by atoms with van der Waals surface area (Å²) >= 11 is 5.11. The van der Waals surface area contributed by atoms with Crippen molar-refractivity contribution in [1.82, 2.24) is 0 Å². The largest absolute Gasteiger partial charge is 0.496 e. The van der Waals surface area contributed by atoms with Gasteiger partial charge in [0.2, 0.25) is 0 Å². The quantitative estimate of drug-likeness (QED) is 0.516. The van der Waals surface area contributed by atoms with Crippen molar-refractivity contribution < 1.29 is 9.53 Å². The molecule has 0 saturated carbocycles. The third-order valence-corrected chi connectivity index (χ3v) is 4.26. The molecule has 1 rings (SSSR count). The minimum absolute atomic E-state index is 0.180. The fourth-order valence-corrected chi connectivity index (χ4v) is 2.99. The third-order valence-electron chi connectivity index (χ3n) is 2.60. The van der Waals surface area contributed by atoms with Crippen LogP contribution >= 0.6 is 27.7 Å². The Balaban J connectivity index is 2.44. The van der Waals surface area contributed by atoms with Crippen molar-refractivity contribution in [2.24, 2.45) is 0 Å². The number of unbranched alkanes of at least 4 members (excludes halogenated alkanes) is 2. The first kappa shape index (κ1) is 15.6. The number of halogens is 1. The summed E-state index contributed by atoms with van der Waals surface area (Å²) in [4.78, 5) is 11.9. The Labute approximate surface area is 122 Å². The SMILES string of the molecule is CCCCCSCC(=O)c1ccc(OC)c(Br)c1. The van der Waals surface area contributed by atoms with Crippen molar-refractivity contribution >= 4 is 33.5 Å². The molecule has 0 aliphatic rings. The summed E-state index contributed by atoms with van der Waals surface area (Å²) in [6.07, 6.45) is 3.66. The molecule has 0 aliphatic heterocycles. The van der Waals surface area contributed by atoms with Crippen LogP contribution in [0.1, 0.15) is 36.5 Å². The molecule has 4 heteroatoms. The van der Waals surface area contributed by atoms with E-state index >= 15 is 0 Å². The summed E-state index contributed by atoms with van der Waals surface area (Å²) < 4.78 is 5.97. The first-order chi connectivity index (χ1) is 8.69. The maximum atomic E-state index is 11.9. The summed E-state index contributed by atoms with van der Waals surface area (Å²) in [5.74, 6) is 2.56. The van der Waals surface area contributed by atoms with Gasteiger partial charge in [-0.05, 0) is 46.3 Å². The normalized spacial score (nSPS) is 10.4. The number of carbonyl (C=O) groups is 1. The second-order valence-corrected chi connectivity index (χ2v) is 5.99. The van der Waals surface area contributed by atoms with E-state index in [1.807, 2.05) is 18.2 Å². The number of carbonyl (C=O) groups excluding carboxylic acids is 1. The van der Waals surface area contributed by atoms with E-state index in [4.69, 9.17) is 4.74 Å². The summed E-state index contributed by atoms with van der Waals surface area (Å²) in [7, 11) is 1.62. The zero-order valence-corrected chi connectivity index (χ0v) is 13.3. The lowest BCUT2D eigenvalue weighted by atomic mass is 10.1. The van der Waals surface area contributed by atoms with Crippen LogP contribution in [0.15, 0.2) is 22.7 Å². The molecule has 0 spiro atoms. The fourth-order valence-electron chi connectivity index (χ4n) is 1.54.